The molecule has 0 amide bonds. The molecule has 5 nitrogen and oxygen atoms in total. The molecule has 2 aliphatic rings. The minimum atomic E-state index is -0.817. The maximum atomic E-state index is 10.8. The Bertz CT molecular complexity index is 677. The Morgan fingerprint density at radius 2 is 1.56 bits per heavy atom. The SMILES string of the molecule is CO[C@H]1O[C@@H]2CO[C@@H](c3ccccc3)O[C@H]2[C@H](c2ccccc2)[C@@H]1O. The Balaban J connectivity index is 1.64. The van der Waals surface area contributed by atoms with Gasteiger partial charge in [-0.05, 0) is 5.56 Å². The van der Waals surface area contributed by atoms with Gasteiger partial charge in [0.2, 0.25) is 0 Å². The smallest absolute Gasteiger partial charge is 0.184 e. The van der Waals surface area contributed by atoms with Crippen LogP contribution in [0.3, 0.4) is 0 Å². The lowest BCUT2D eigenvalue weighted by molar-refractivity contribution is -0.339. The van der Waals surface area contributed by atoms with Crippen molar-refractivity contribution < 1.29 is 24.1 Å². The quantitative estimate of drug-likeness (QED) is 0.929. The molecule has 0 aromatic heterocycles. The van der Waals surface area contributed by atoms with Gasteiger partial charge in [-0.15, -0.1) is 0 Å². The zero-order valence-electron chi connectivity index (χ0n) is 14.0. The molecule has 0 bridgehead atoms. The van der Waals surface area contributed by atoms with Gasteiger partial charge < -0.3 is 24.1 Å². The van der Waals surface area contributed by atoms with Gasteiger partial charge in [-0.1, -0.05) is 60.7 Å². The molecule has 0 aliphatic carbocycles. The van der Waals surface area contributed by atoms with E-state index in [2.05, 4.69) is 0 Å². The van der Waals surface area contributed by atoms with Crippen molar-refractivity contribution >= 4 is 0 Å². The number of methoxy groups -OCH3 is 1. The second-order valence-electron chi connectivity index (χ2n) is 6.38. The fourth-order valence-corrected chi connectivity index (χ4v) is 3.64. The number of fused-ring (bicyclic) bond motifs is 1. The van der Waals surface area contributed by atoms with Crippen LogP contribution in [0, 0.1) is 0 Å². The summed E-state index contributed by atoms with van der Waals surface area (Å²) in [6, 6.07) is 19.7. The van der Waals surface area contributed by atoms with Crippen LogP contribution in [0.2, 0.25) is 0 Å². The van der Waals surface area contributed by atoms with Crippen LogP contribution in [0.1, 0.15) is 23.3 Å². The highest BCUT2D eigenvalue weighted by Crippen LogP contribution is 2.41. The summed E-state index contributed by atoms with van der Waals surface area (Å²) >= 11 is 0. The number of hydrogen-bond donors (Lipinski definition) is 1. The second kappa shape index (κ2) is 7.23. The van der Waals surface area contributed by atoms with E-state index in [4.69, 9.17) is 18.9 Å². The van der Waals surface area contributed by atoms with E-state index in [1.807, 2.05) is 60.7 Å². The lowest BCUT2D eigenvalue weighted by Gasteiger charge is -2.48. The van der Waals surface area contributed by atoms with E-state index >= 15 is 0 Å². The van der Waals surface area contributed by atoms with E-state index in [0.717, 1.165) is 11.1 Å². The van der Waals surface area contributed by atoms with E-state index in [1.54, 1.807) is 0 Å². The summed E-state index contributed by atoms with van der Waals surface area (Å²) in [5, 5.41) is 10.8. The molecule has 2 aromatic carbocycles. The van der Waals surface area contributed by atoms with Gasteiger partial charge in [0.15, 0.2) is 12.6 Å². The Hall–Kier alpha value is -1.76. The molecule has 2 saturated heterocycles. The first-order valence-electron chi connectivity index (χ1n) is 8.51. The van der Waals surface area contributed by atoms with Gasteiger partial charge in [0.1, 0.15) is 12.2 Å². The lowest BCUT2D eigenvalue weighted by atomic mass is 9.82. The Kier molecular flexibility index (Phi) is 4.83. The summed E-state index contributed by atoms with van der Waals surface area (Å²) < 4.78 is 23.3. The third-order valence-electron chi connectivity index (χ3n) is 4.86. The average Bonchev–Trinajstić information content (AvgIpc) is 2.68. The van der Waals surface area contributed by atoms with Gasteiger partial charge in [0.05, 0.1) is 12.7 Å². The van der Waals surface area contributed by atoms with E-state index < -0.39 is 18.7 Å². The monoisotopic (exact) mass is 342 g/mol. The normalized spacial score (nSPS) is 35.1. The van der Waals surface area contributed by atoms with Gasteiger partial charge in [0.25, 0.3) is 0 Å². The highest BCUT2D eigenvalue weighted by molar-refractivity contribution is 5.25. The third-order valence-corrected chi connectivity index (χ3v) is 4.86. The van der Waals surface area contributed by atoms with Crippen molar-refractivity contribution in [2.24, 2.45) is 0 Å². The fraction of sp³-hybridized carbons (Fsp3) is 0.400. The first-order chi connectivity index (χ1) is 12.3. The third kappa shape index (κ3) is 3.21. The van der Waals surface area contributed by atoms with Crippen LogP contribution in [0.15, 0.2) is 60.7 Å². The Labute approximate surface area is 147 Å². The molecular formula is C20H22O5. The molecule has 6 atom stereocenters. The van der Waals surface area contributed by atoms with Crippen LogP contribution in [0.4, 0.5) is 0 Å². The molecule has 2 aliphatic heterocycles. The van der Waals surface area contributed by atoms with Crippen LogP contribution in [0.5, 0.6) is 0 Å². The van der Waals surface area contributed by atoms with Crippen molar-refractivity contribution in [3.8, 4) is 0 Å². The molecule has 0 radical (unpaired) electrons. The van der Waals surface area contributed by atoms with Crippen LogP contribution >= 0.6 is 0 Å². The molecule has 2 fully saturated rings. The molecule has 1 N–H and O–H groups in total. The maximum absolute atomic E-state index is 10.8. The van der Waals surface area contributed by atoms with Crippen molar-refractivity contribution in [1.29, 1.82) is 0 Å². The van der Waals surface area contributed by atoms with Crippen LogP contribution in [-0.2, 0) is 18.9 Å². The largest absolute Gasteiger partial charge is 0.387 e. The first-order valence-corrected chi connectivity index (χ1v) is 8.51. The van der Waals surface area contributed by atoms with E-state index in [9.17, 15) is 5.11 Å². The number of aliphatic hydroxyl groups is 1. The zero-order chi connectivity index (χ0) is 17.2. The number of aliphatic hydroxyl groups excluding tert-OH is 1. The fourth-order valence-electron chi connectivity index (χ4n) is 3.64. The summed E-state index contributed by atoms with van der Waals surface area (Å²) in [6.07, 6.45) is -2.60. The molecule has 0 saturated carbocycles. The highest BCUT2D eigenvalue weighted by Gasteiger charge is 2.50. The van der Waals surface area contributed by atoms with Gasteiger partial charge in [-0.2, -0.15) is 0 Å². The lowest BCUT2D eigenvalue weighted by Crippen LogP contribution is -2.58. The molecule has 4 rings (SSSR count). The van der Waals surface area contributed by atoms with Crippen molar-refractivity contribution in [3.05, 3.63) is 71.8 Å². The number of benzene rings is 2. The summed E-state index contributed by atoms with van der Waals surface area (Å²) in [5.41, 5.74) is 1.96. The maximum Gasteiger partial charge on any atom is 0.184 e. The standard InChI is InChI=1S/C20H22O5/c1-22-20-17(21)16(13-8-4-2-5-9-13)18-15(24-20)12-23-19(25-18)14-10-6-3-7-11-14/h2-11,15-21H,12H2,1H3/t15-,16-,17+,18-,19-,20+/m1/s1. The highest BCUT2D eigenvalue weighted by atomic mass is 16.7. The molecule has 5 heteroatoms. The Morgan fingerprint density at radius 3 is 2.20 bits per heavy atom. The van der Waals surface area contributed by atoms with Crippen LogP contribution < -0.4 is 0 Å². The summed E-state index contributed by atoms with van der Waals surface area (Å²) in [5.74, 6) is -0.250. The van der Waals surface area contributed by atoms with Gasteiger partial charge in [-0.3, -0.25) is 0 Å². The molecule has 25 heavy (non-hydrogen) atoms. The first kappa shape index (κ1) is 16.7. The van der Waals surface area contributed by atoms with Crippen LogP contribution in [0.25, 0.3) is 0 Å². The predicted molar refractivity (Wildman–Crippen MR) is 90.9 cm³/mol. The Morgan fingerprint density at radius 1 is 0.920 bits per heavy atom. The molecule has 2 aromatic rings. The summed E-state index contributed by atoms with van der Waals surface area (Å²) in [7, 11) is 1.54. The van der Waals surface area contributed by atoms with Crippen LogP contribution in [-0.4, -0.2) is 43.4 Å². The second-order valence-corrected chi connectivity index (χ2v) is 6.38. The predicted octanol–water partition coefficient (Wildman–Crippen LogP) is 2.62. The van der Waals surface area contributed by atoms with E-state index in [-0.39, 0.29) is 18.1 Å². The topological polar surface area (TPSA) is 57.2 Å². The molecule has 132 valence electrons. The van der Waals surface area contributed by atoms with Crippen molar-refractivity contribution in [3.63, 3.8) is 0 Å². The number of ether oxygens (including phenoxy) is 4. The van der Waals surface area contributed by atoms with Crippen molar-refractivity contribution in [1.82, 2.24) is 0 Å². The van der Waals surface area contributed by atoms with Crippen molar-refractivity contribution in [2.75, 3.05) is 13.7 Å². The number of rotatable bonds is 3. The molecule has 0 spiro atoms. The van der Waals surface area contributed by atoms with E-state index in [0.29, 0.717) is 6.61 Å². The van der Waals surface area contributed by atoms with Gasteiger partial charge in [0, 0.05) is 18.6 Å². The van der Waals surface area contributed by atoms with Crippen molar-refractivity contribution in [2.45, 2.75) is 36.8 Å². The van der Waals surface area contributed by atoms with Gasteiger partial charge >= 0.3 is 0 Å². The van der Waals surface area contributed by atoms with E-state index in [1.165, 1.54) is 7.11 Å². The number of hydrogen-bond acceptors (Lipinski definition) is 5. The minimum absolute atomic E-state index is 0.250. The molecule has 0 unspecified atom stereocenters. The average molecular weight is 342 g/mol. The molecule has 2 heterocycles. The summed E-state index contributed by atoms with van der Waals surface area (Å²) in [6.45, 7) is 0.389. The summed E-state index contributed by atoms with van der Waals surface area (Å²) in [4.78, 5) is 0. The van der Waals surface area contributed by atoms with Gasteiger partial charge in [-0.25, -0.2) is 0 Å². The zero-order valence-corrected chi connectivity index (χ0v) is 14.0. The minimum Gasteiger partial charge on any atom is -0.387 e. The molecular weight excluding hydrogens is 320 g/mol.